The van der Waals surface area contributed by atoms with Gasteiger partial charge in [-0.2, -0.15) is 13.2 Å². The van der Waals surface area contributed by atoms with E-state index in [1.165, 1.54) is 31.4 Å². The van der Waals surface area contributed by atoms with Crippen molar-refractivity contribution in [3.8, 4) is 0 Å². The smallest absolute Gasteiger partial charge is 0.379 e. The molecule has 0 bridgehead atoms. The molecule has 1 aliphatic carbocycles. The van der Waals surface area contributed by atoms with Gasteiger partial charge in [-0.25, -0.2) is 0 Å². The fourth-order valence-electron chi connectivity index (χ4n) is 4.36. The monoisotopic (exact) mass is 412 g/mol. The molecule has 3 rings (SSSR count). The molecule has 8 heteroatoms. The third-order valence-corrected chi connectivity index (χ3v) is 5.99. The molecule has 162 valence electrons. The number of nitrogens with one attached hydrogen (secondary N) is 2. The highest BCUT2D eigenvalue weighted by Gasteiger charge is 2.38. The van der Waals surface area contributed by atoms with E-state index in [9.17, 15) is 13.2 Å². The summed E-state index contributed by atoms with van der Waals surface area (Å²) in [5.74, 6) is 0.612. The lowest BCUT2D eigenvalue weighted by atomic mass is 9.80. The standard InChI is InChI=1S/C21H31F3N4O/c1-25-19(26-15-17-6-5-7-18(14-17)21(22,23)24)27-16-20(8-3-2-4-9-20)28-10-12-29-13-11-28/h5-7,14H,2-4,8-13,15-16H2,1H3,(H2,25,26,27). The van der Waals surface area contributed by atoms with Crippen molar-refractivity contribution in [2.45, 2.75) is 50.4 Å². The molecular weight excluding hydrogens is 381 g/mol. The van der Waals surface area contributed by atoms with Crippen molar-refractivity contribution in [2.75, 3.05) is 39.9 Å². The minimum Gasteiger partial charge on any atom is -0.379 e. The quantitative estimate of drug-likeness (QED) is 0.575. The molecule has 2 aliphatic rings. The Hall–Kier alpha value is -1.80. The van der Waals surface area contributed by atoms with Crippen molar-refractivity contribution >= 4 is 5.96 Å². The molecule has 1 saturated carbocycles. The van der Waals surface area contributed by atoms with Crippen LogP contribution in [-0.2, 0) is 17.5 Å². The van der Waals surface area contributed by atoms with Gasteiger partial charge in [-0.05, 0) is 30.5 Å². The minimum atomic E-state index is -4.33. The lowest BCUT2D eigenvalue weighted by Gasteiger charge is -2.48. The number of hydrogen-bond donors (Lipinski definition) is 2. The van der Waals surface area contributed by atoms with Crippen LogP contribution in [0.3, 0.4) is 0 Å². The maximum absolute atomic E-state index is 12.9. The lowest BCUT2D eigenvalue weighted by Crippen LogP contribution is -2.60. The number of benzene rings is 1. The summed E-state index contributed by atoms with van der Waals surface area (Å²) in [4.78, 5) is 6.81. The van der Waals surface area contributed by atoms with Crippen LogP contribution in [0.25, 0.3) is 0 Å². The van der Waals surface area contributed by atoms with Gasteiger partial charge in [-0.3, -0.25) is 9.89 Å². The summed E-state index contributed by atoms with van der Waals surface area (Å²) < 4.78 is 44.3. The van der Waals surface area contributed by atoms with Crippen LogP contribution in [0.2, 0.25) is 0 Å². The Bertz CT molecular complexity index is 681. The molecule has 2 fully saturated rings. The van der Waals surface area contributed by atoms with E-state index >= 15 is 0 Å². The van der Waals surface area contributed by atoms with Crippen molar-refractivity contribution in [3.63, 3.8) is 0 Å². The normalized spacial score (nSPS) is 21.0. The van der Waals surface area contributed by atoms with E-state index in [1.54, 1.807) is 13.1 Å². The summed E-state index contributed by atoms with van der Waals surface area (Å²) in [5, 5.41) is 6.58. The second-order valence-corrected chi connectivity index (χ2v) is 7.86. The second-order valence-electron chi connectivity index (χ2n) is 7.86. The van der Waals surface area contributed by atoms with Gasteiger partial charge in [-0.1, -0.05) is 31.4 Å². The number of ether oxygens (including phenoxy) is 1. The van der Waals surface area contributed by atoms with E-state index in [1.807, 2.05) is 0 Å². The SMILES string of the molecule is CN=C(NCc1cccc(C(F)(F)F)c1)NCC1(N2CCOCC2)CCCCC1. The average molecular weight is 413 g/mol. The van der Waals surface area contributed by atoms with E-state index in [4.69, 9.17) is 4.74 Å². The van der Waals surface area contributed by atoms with Crippen LogP contribution in [0.5, 0.6) is 0 Å². The number of alkyl halides is 3. The van der Waals surface area contributed by atoms with E-state index in [2.05, 4.69) is 20.5 Å². The molecule has 1 heterocycles. The first-order valence-corrected chi connectivity index (χ1v) is 10.4. The van der Waals surface area contributed by atoms with Gasteiger partial charge in [0.15, 0.2) is 5.96 Å². The van der Waals surface area contributed by atoms with Crippen LogP contribution >= 0.6 is 0 Å². The number of rotatable bonds is 5. The zero-order valence-electron chi connectivity index (χ0n) is 17.0. The van der Waals surface area contributed by atoms with Gasteiger partial charge in [0.2, 0.25) is 0 Å². The van der Waals surface area contributed by atoms with Crippen molar-refractivity contribution in [1.82, 2.24) is 15.5 Å². The summed E-state index contributed by atoms with van der Waals surface area (Å²) in [6, 6.07) is 5.39. The van der Waals surface area contributed by atoms with Crippen molar-refractivity contribution in [1.29, 1.82) is 0 Å². The summed E-state index contributed by atoms with van der Waals surface area (Å²) in [5.41, 5.74) is 0.0344. The topological polar surface area (TPSA) is 48.9 Å². The Morgan fingerprint density at radius 1 is 1.14 bits per heavy atom. The minimum absolute atomic E-state index is 0.0931. The number of hydrogen-bond acceptors (Lipinski definition) is 3. The largest absolute Gasteiger partial charge is 0.416 e. The van der Waals surface area contributed by atoms with Gasteiger partial charge in [0.25, 0.3) is 0 Å². The molecule has 1 saturated heterocycles. The maximum atomic E-state index is 12.9. The molecule has 1 aliphatic heterocycles. The van der Waals surface area contributed by atoms with Gasteiger partial charge in [0, 0.05) is 38.8 Å². The Labute approximate surface area is 170 Å². The van der Waals surface area contributed by atoms with E-state index in [0.717, 1.165) is 51.8 Å². The lowest BCUT2D eigenvalue weighted by molar-refractivity contribution is -0.137. The van der Waals surface area contributed by atoms with Gasteiger partial charge in [0.1, 0.15) is 0 Å². The first kappa shape index (κ1) is 21.9. The number of morpholine rings is 1. The molecule has 0 radical (unpaired) electrons. The predicted molar refractivity (Wildman–Crippen MR) is 108 cm³/mol. The first-order valence-electron chi connectivity index (χ1n) is 10.4. The first-order chi connectivity index (χ1) is 13.9. The number of nitrogens with zero attached hydrogens (tertiary/aromatic N) is 2. The molecule has 5 nitrogen and oxygen atoms in total. The Morgan fingerprint density at radius 2 is 1.86 bits per heavy atom. The Balaban J connectivity index is 1.59. The van der Waals surface area contributed by atoms with Crippen LogP contribution in [0, 0.1) is 0 Å². The second kappa shape index (κ2) is 9.80. The van der Waals surface area contributed by atoms with Gasteiger partial charge >= 0.3 is 6.18 Å². The van der Waals surface area contributed by atoms with Crippen molar-refractivity contribution in [3.05, 3.63) is 35.4 Å². The summed E-state index contributed by atoms with van der Waals surface area (Å²) in [7, 11) is 1.68. The van der Waals surface area contributed by atoms with Crippen molar-refractivity contribution in [2.24, 2.45) is 4.99 Å². The van der Waals surface area contributed by atoms with Gasteiger partial charge in [0.05, 0.1) is 18.8 Å². The highest BCUT2D eigenvalue weighted by atomic mass is 19.4. The predicted octanol–water partition coefficient (Wildman–Crippen LogP) is 3.41. The van der Waals surface area contributed by atoms with Gasteiger partial charge in [-0.15, -0.1) is 0 Å². The van der Waals surface area contributed by atoms with E-state index in [-0.39, 0.29) is 12.1 Å². The number of guanidine groups is 1. The highest BCUT2D eigenvalue weighted by molar-refractivity contribution is 5.79. The number of halogens is 3. The third-order valence-electron chi connectivity index (χ3n) is 5.99. The third kappa shape index (κ3) is 5.85. The maximum Gasteiger partial charge on any atom is 0.416 e. The molecule has 0 unspecified atom stereocenters. The molecular formula is C21H31F3N4O. The van der Waals surface area contributed by atoms with E-state index in [0.29, 0.717) is 11.5 Å². The zero-order chi connectivity index (χ0) is 20.7. The van der Waals surface area contributed by atoms with Gasteiger partial charge < -0.3 is 15.4 Å². The molecule has 2 N–H and O–H groups in total. The summed E-state index contributed by atoms with van der Waals surface area (Å²) in [6.45, 7) is 4.48. The molecule has 0 atom stereocenters. The molecule has 1 aromatic rings. The van der Waals surface area contributed by atoms with Crippen molar-refractivity contribution < 1.29 is 17.9 Å². The molecule has 0 aromatic heterocycles. The molecule has 0 amide bonds. The summed E-state index contributed by atoms with van der Waals surface area (Å²) in [6.07, 6.45) is 1.66. The van der Waals surface area contributed by atoms with E-state index < -0.39 is 11.7 Å². The zero-order valence-corrected chi connectivity index (χ0v) is 17.0. The number of aliphatic imine (C=N–C) groups is 1. The van der Waals surface area contributed by atoms with Crippen LogP contribution in [0.15, 0.2) is 29.3 Å². The molecule has 0 spiro atoms. The van der Waals surface area contributed by atoms with Crippen LogP contribution in [-0.4, -0.2) is 56.3 Å². The average Bonchev–Trinajstić information content (AvgIpc) is 2.75. The van der Waals surface area contributed by atoms with Crippen LogP contribution in [0.4, 0.5) is 13.2 Å². The Morgan fingerprint density at radius 3 is 2.52 bits per heavy atom. The Kier molecular flexibility index (Phi) is 7.40. The van der Waals surface area contributed by atoms with Crippen LogP contribution in [0.1, 0.15) is 43.2 Å². The highest BCUT2D eigenvalue weighted by Crippen LogP contribution is 2.34. The fourth-order valence-corrected chi connectivity index (χ4v) is 4.36. The summed E-state index contributed by atoms with van der Waals surface area (Å²) >= 11 is 0. The van der Waals surface area contributed by atoms with Crippen LogP contribution < -0.4 is 10.6 Å². The molecule has 1 aromatic carbocycles. The fraction of sp³-hybridized carbons (Fsp3) is 0.667. The molecule has 29 heavy (non-hydrogen) atoms.